The summed E-state index contributed by atoms with van der Waals surface area (Å²) in [4.78, 5) is 22.3. The van der Waals surface area contributed by atoms with Crippen LogP contribution >= 0.6 is 0 Å². The highest BCUT2D eigenvalue weighted by molar-refractivity contribution is 6.39. The van der Waals surface area contributed by atoms with Crippen molar-refractivity contribution in [3.8, 4) is 11.3 Å². The SMILES string of the molecule is CC(=O)C(=O)Nc1ccc(-c2ccc3nnc(C)n3n2)cc1. The van der Waals surface area contributed by atoms with E-state index in [1.807, 2.05) is 31.2 Å². The molecule has 1 N–H and O–H groups in total. The van der Waals surface area contributed by atoms with Crippen LogP contribution in [0.15, 0.2) is 36.4 Å². The molecule has 110 valence electrons. The van der Waals surface area contributed by atoms with Gasteiger partial charge in [0, 0.05) is 18.2 Å². The van der Waals surface area contributed by atoms with Crippen LogP contribution < -0.4 is 5.32 Å². The highest BCUT2D eigenvalue weighted by atomic mass is 16.2. The molecule has 0 aliphatic heterocycles. The van der Waals surface area contributed by atoms with Crippen LogP contribution in [0.25, 0.3) is 16.9 Å². The van der Waals surface area contributed by atoms with Crippen LogP contribution in [0.3, 0.4) is 0 Å². The van der Waals surface area contributed by atoms with Crippen molar-refractivity contribution in [2.75, 3.05) is 5.32 Å². The molecule has 0 bridgehead atoms. The van der Waals surface area contributed by atoms with Gasteiger partial charge in [0.2, 0.25) is 5.78 Å². The van der Waals surface area contributed by atoms with Gasteiger partial charge in [0.05, 0.1) is 5.69 Å². The van der Waals surface area contributed by atoms with Gasteiger partial charge in [-0.1, -0.05) is 12.1 Å². The maximum absolute atomic E-state index is 11.3. The second-order valence-corrected chi connectivity index (χ2v) is 4.82. The van der Waals surface area contributed by atoms with Gasteiger partial charge in [-0.05, 0) is 31.2 Å². The number of nitrogens with zero attached hydrogens (tertiary/aromatic N) is 4. The van der Waals surface area contributed by atoms with Gasteiger partial charge in [-0.2, -0.15) is 9.61 Å². The van der Waals surface area contributed by atoms with Gasteiger partial charge in [0.1, 0.15) is 0 Å². The number of aryl methyl sites for hydroxylation is 1. The summed E-state index contributed by atoms with van der Waals surface area (Å²) in [7, 11) is 0. The zero-order chi connectivity index (χ0) is 15.7. The molecular formula is C15H13N5O2. The molecule has 7 nitrogen and oxygen atoms in total. The summed E-state index contributed by atoms with van der Waals surface area (Å²) >= 11 is 0. The zero-order valence-electron chi connectivity index (χ0n) is 12.1. The molecular weight excluding hydrogens is 282 g/mol. The topological polar surface area (TPSA) is 89.2 Å². The van der Waals surface area contributed by atoms with E-state index in [1.54, 1.807) is 16.6 Å². The summed E-state index contributed by atoms with van der Waals surface area (Å²) in [6.45, 7) is 3.06. The number of amides is 1. The number of carbonyl (C=O) groups excluding carboxylic acids is 2. The second kappa shape index (κ2) is 5.36. The van der Waals surface area contributed by atoms with Crippen molar-refractivity contribution in [3.05, 3.63) is 42.2 Å². The Morgan fingerprint density at radius 2 is 1.77 bits per heavy atom. The number of aromatic nitrogens is 4. The molecule has 3 rings (SSSR count). The van der Waals surface area contributed by atoms with Crippen molar-refractivity contribution in [1.82, 2.24) is 19.8 Å². The number of Topliss-reactive ketones (excluding diaryl/α,β-unsaturated/α-hetero) is 1. The minimum Gasteiger partial charge on any atom is -0.319 e. The Labute approximate surface area is 126 Å². The standard InChI is InChI=1S/C15H13N5O2/c1-9(21)15(22)16-12-5-3-11(4-6-12)13-7-8-14-18-17-10(2)20(14)19-13/h3-8H,1-2H3,(H,16,22). The third kappa shape index (κ3) is 2.56. The van der Waals surface area contributed by atoms with Crippen LogP contribution in [0, 0.1) is 6.92 Å². The molecule has 1 aromatic carbocycles. The van der Waals surface area contributed by atoms with Crippen molar-refractivity contribution < 1.29 is 9.59 Å². The molecule has 0 saturated heterocycles. The Hall–Kier alpha value is -3.09. The van der Waals surface area contributed by atoms with E-state index in [2.05, 4.69) is 20.6 Å². The molecule has 1 amide bonds. The maximum Gasteiger partial charge on any atom is 0.291 e. The van der Waals surface area contributed by atoms with Gasteiger partial charge < -0.3 is 5.32 Å². The summed E-state index contributed by atoms with van der Waals surface area (Å²) in [6, 6.07) is 10.8. The molecule has 0 saturated carbocycles. The number of anilines is 1. The van der Waals surface area contributed by atoms with E-state index < -0.39 is 11.7 Å². The number of fused-ring (bicyclic) bond motifs is 1. The van der Waals surface area contributed by atoms with Crippen LogP contribution in [-0.2, 0) is 9.59 Å². The van der Waals surface area contributed by atoms with Gasteiger partial charge in [-0.15, -0.1) is 10.2 Å². The van der Waals surface area contributed by atoms with Gasteiger partial charge in [-0.25, -0.2) is 0 Å². The van der Waals surface area contributed by atoms with Gasteiger partial charge >= 0.3 is 0 Å². The molecule has 0 radical (unpaired) electrons. The third-order valence-corrected chi connectivity index (χ3v) is 3.18. The minimum atomic E-state index is -0.632. The number of hydrogen-bond acceptors (Lipinski definition) is 5. The Bertz CT molecular complexity index is 867. The van der Waals surface area contributed by atoms with E-state index in [-0.39, 0.29) is 0 Å². The number of hydrogen-bond donors (Lipinski definition) is 1. The van der Waals surface area contributed by atoms with Crippen LogP contribution in [0.5, 0.6) is 0 Å². The average Bonchev–Trinajstić information content (AvgIpc) is 2.89. The molecule has 0 aliphatic rings. The first kappa shape index (κ1) is 13.9. The fourth-order valence-electron chi connectivity index (χ4n) is 1.99. The fourth-order valence-corrected chi connectivity index (χ4v) is 1.99. The molecule has 7 heteroatoms. The fraction of sp³-hybridized carbons (Fsp3) is 0.133. The van der Waals surface area contributed by atoms with E-state index in [0.717, 1.165) is 11.3 Å². The van der Waals surface area contributed by atoms with E-state index in [4.69, 9.17) is 0 Å². The van der Waals surface area contributed by atoms with Crippen LogP contribution in [0.4, 0.5) is 5.69 Å². The van der Waals surface area contributed by atoms with Gasteiger partial charge in [-0.3, -0.25) is 9.59 Å². The van der Waals surface area contributed by atoms with Crippen molar-refractivity contribution in [2.24, 2.45) is 0 Å². The second-order valence-electron chi connectivity index (χ2n) is 4.82. The first-order valence-corrected chi connectivity index (χ1v) is 6.66. The number of benzene rings is 1. The molecule has 0 unspecified atom stereocenters. The predicted molar refractivity (Wildman–Crippen MR) is 80.3 cm³/mol. The van der Waals surface area contributed by atoms with Gasteiger partial charge in [0.15, 0.2) is 11.5 Å². The summed E-state index contributed by atoms with van der Waals surface area (Å²) in [5, 5.41) is 14.9. The lowest BCUT2D eigenvalue weighted by atomic mass is 10.1. The minimum absolute atomic E-state index is 0.528. The molecule has 3 aromatic rings. The number of rotatable bonds is 3. The van der Waals surface area contributed by atoms with Crippen LogP contribution in [-0.4, -0.2) is 31.5 Å². The number of nitrogens with one attached hydrogen (secondary N) is 1. The van der Waals surface area contributed by atoms with Crippen molar-refractivity contribution >= 4 is 23.0 Å². The molecule has 2 heterocycles. The first-order chi connectivity index (χ1) is 10.5. The maximum atomic E-state index is 11.3. The van der Waals surface area contributed by atoms with Crippen LogP contribution in [0.2, 0.25) is 0 Å². The van der Waals surface area contributed by atoms with E-state index in [9.17, 15) is 9.59 Å². The first-order valence-electron chi connectivity index (χ1n) is 6.66. The van der Waals surface area contributed by atoms with E-state index in [0.29, 0.717) is 17.2 Å². The smallest absolute Gasteiger partial charge is 0.291 e. The largest absolute Gasteiger partial charge is 0.319 e. The summed E-state index contributed by atoms with van der Waals surface area (Å²) in [5.41, 5.74) is 2.90. The van der Waals surface area contributed by atoms with Gasteiger partial charge in [0.25, 0.3) is 5.91 Å². The lowest BCUT2D eigenvalue weighted by Gasteiger charge is -2.05. The Morgan fingerprint density at radius 3 is 2.45 bits per heavy atom. The lowest BCUT2D eigenvalue weighted by molar-refractivity contribution is -0.133. The number of carbonyl (C=O) groups is 2. The summed E-state index contributed by atoms with van der Waals surface area (Å²) in [5.74, 6) is -0.450. The Morgan fingerprint density at radius 1 is 1.05 bits per heavy atom. The predicted octanol–water partition coefficient (Wildman–Crippen LogP) is 1.63. The van der Waals surface area contributed by atoms with Crippen molar-refractivity contribution in [2.45, 2.75) is 13.8 Å². The molecule has 0 aliphatic carbocycles. The van der Waals surface area contributed by atoms with E-state index in [1.165, 1.54) is 6.92 Å². The molecule has 2 aromatic heterocycles. The normalized spacial score (nSPS) is 10.6. The van der Waals surface area contributed by atoms with Crippen LogP contribution in [0.1, 0.15) is 12.7 Å². The molecule has 0 atom stereocenters. The summed E-state index contributed by atoms with van der Waals surface area (Å²) in [6.07, 6.45) is 0. The average molecular weight is 295 g/mol. The molecule has 0 spiro atoms. The van der Waals surface area contributed by atoms with Crippen molar-refractivity contribution in [3.63, 3.8) is 0 Å². The highest BCUT2D eigenvalue weighted by Gasteiger charge is 2.08. The van der Waals surface area contributed by atoms with Crippen molar-refractivity contribution in [1.29, 1.82) is 0 Å². The highest BCUT2D eigenvalue weighted by Crippen LogP contribution is 2.20. The molecule has 0 fully saturated rings. The zero-order valence-corrected chi connectivity index (χ0v) is 12.1. The summed E-state index contributed by atoms with van der Waals surface area (Å²) < 4.78 is 1.67. The monoisotopic (exact) mass is 295 g/mol. The van der Waals surface area contributed by atoms with E-state index >= 15 is 0 Å². The lowest BCUT2D eigenvalue weighted by Crippen LogP contribution is -2.19. The quantitative estimate of drug-likeness (QED) is 0.742. The Kier molecular flexibility index (Phi) is 3.38. The number of ketones is 1. The Balaban J connectivity index is 1.89. The molecule has 22 heavy (non-hydrogen) atoms. The third-order valence-electron chi connectivity index (χ3n) is 3.18.